The molecule has 0 amide bonds. The second-order valence-electron chi connectivity index (χ2n) is 5.78. The molecule has 1 saturated carbocycles. The molecule has 3 aromatic heterocycles. The fraction of sp³-hybridized carbons (Fsp3) is 0.375. The predicted molar refractivity (Wildman–Crippen MR) is 88.5 cm³/mol. The van der Waals surface area contributed by atoms with Crippen molar-refractivity contribution in [1.29, 1.82) is 0 Å². The lowest BCUT2D eigenvalue weighted by atomic mass is 9.98. The summed E-state index contributed by atoms with van der Waals surface area (Å²) in [4.78, 5) is 16.3. The molecule has 8 heteroatoms. The Labute approximate surface area is 139 Å². The Balaban J connectivity index is 1.62. The minimum Gasteiger partial charge on any atom is -0.460 e. The lowest BCUT2D eigenvalue weighted by Gasteiger charge is -2.21. The van der Waals surface area contributed by atoms with Crippen LogP contribution in [0.2, 0.25) is 0 Å². The highest BCUT2D eigenvalue weighted by Crippen LogP contribution is 2.22. The Morgan fingerprint density at radius 2 is 2.04 bits per heavy atom. The van der Waals surface area contributed by atoms with Crippen LogP contribution < -0.4 is 10.1 Å². The Morgan fingerprint density at radius 1 is 1.12 bits per heavy atom. The van der Waals surface area contributed by atoms with Gasteiger partial charge in [0, 0.05) is 18.6 Å². The summed E-state index contributed by atoms with van der Waals surface area (Å²) in [5, 5.41) is 7.31. The first-order valence-corrected chi connectivity index (χ1v) is 8.20. The van der Waals surface area contributed by atoms with Crippen LogP contribution in [0.1, 0.15) is 32.1 Å². The number of nitrogens with zero attached hydrogens (tertiary/aromatic N) is 5. The minimum atomic E-state index is 0.171. The van der Waals surface area contributed by atoms with Gasteiger partial charge in [-0.2, -0.15) is 20.1 Å². The van der Waals surface area contributed by atoms with Gasteiger partial charge in [0.05, 0.1) is 0 Å². The number of hydrogen-bond donors (Lipinski definition) is 2. The van der Waals surface area contributed by atoms with Crippen molar-refractivity contribution in [3.8, 4) is 12.0 Å². The topological polar surface area (TPSA) is 93.5 Å². The van der Waals surface area contributed by atoms with Gasteiger partial charge < -0.3 is 15.0 Å². The molecule has 4 rings (SSSR count). The van der Waals surface area contributed by atoms with Crippen molar-refractivity contribution in [1.82, 2.24) is 29.7 Å². The Kier molecular flexibility index (Phi) is 4.09. The molecule has 24 heavy (non-hydrogen) atoms. The summed E-state index contributed by atoms with van der Waals surface area (Å²) in [7, 11) is 0. The smallest absolute Gasteiger partial charge is 0.323 e. The van der Waals surface area contributed by atoms with Gasteiger partial charge in [-0.3, -0.25) is 0 Å². The Hall–Kier alpha value is -2.90. The first-order valence-electron chi connectivity index (χ1n) is 8.20. The lowest BCUT2D eigenvalue weighted by molar-refractivity contribution is 0.141. The number of H-pyrrole nitrogens is 1. The van der Waals surface area contributed by atoms with Gasteiger partial charge >= 0.3 is 6.01 Å². The molecule has 124 valence electrons. The second-order valence-corrected chi connectivity index (χ2v) is 5.78. The molecular weight excluding hydrogens is 306 g/mol. The second kappa shape index (κ2) is 6.69. The van der Waals surface area contributed by atoms with Gasteiger partial charge in [0.2, 0.25) is 5.95 Å². The molecule has 0 radical (unpaired) electrons. The van der Waals surface area contributed by atoms with E-state index in [1.807, 2.05) is 24.4 Å². The summed E-state index contributed by atoms with van der Waals surface area (Å²) in [5.41, 5.74) is 0. The first kappa shape index (κ1) is 14.7. The summed E-state index contributed by atoms with van der Waals surface area (Å²) < 4.78 is 7.59. The van der Waals surface area contributed by atoms with Crippen LogP contribution in [-0.2, 0) is 0 Å². The predicted octanol–water partition coefficient (Wildman–Crippen LogP) is 2.84. The number of rotatable bonds is 5. The standard InChI is InChI=1S/C16H19N7O/c1-2-6-12(7-3-1)24-16-21-14(19-13-8-4-9-17-13)20-15(22-16)23-11-5-10-18-23/h4-5,8-12,17H,1-3,6-7H2,(H,19,20,21,22). The zero-order valence-electron chi connectivity index (χ0n) is 13.2. The van der Waals surface area contributed by atoms with Gasteiger partial charge in [0.1, 0.15) is 11.9 Å². The molecule has 0 aliphatic heterocycles. The first-order chi connectivity index (χ1) is 11.9. The molecular formula is C16H19N7O. The van der Waals surface area contributed by atoms with Crippen molar-refractivity contribution >= 4 is 11.8 Å². The van der Waals surface area contributed by atoms with E-state index in [9.17, 15) is 0 Å². The summed E-state index contributed by atoms with van der Waals surface area (Å²) in [6.07, 6.45) is 11.2. The summed E-state index contributed by atoms with van der Waals surface area (Å²) >= 11 is 0. The van der Waals surface area contributed by atoms with Crippen molar-refractivity contribution in [2.45, 2.75) is 38.2 Å². The number of aromatic nitrogens is 6. The van der Waals surface area contributed by atoms with Crippen molar-refractivity contribution in [2.75, 3.05) is 5.32 Å². The Bertz CT molecular complexity index is 764. The van der Waals surface area contributed by atoms with Crippen molar-refractivity contribution < 1.29 is 4.74 Å². The molecule has 0 spiro atoms. The molecule has 8 nitrogen and oxygen atoms in total. The maximum Gasteiger partial charge on any atom is 0.323 e. The van der Waals surface area contributed by atoms with Gasteiger partial charge in [0.15, 0.2) is 0 Å². The highest BCUT2D eigenvalue weighted by molar-refractivity contribution is 5.48. The minimum absolute atomic E-state index is 0.171. The molecule has 2 N–H and O–H groups in total. The highest BCUT2D eigenvalue weighted by atomic mass is 16.5. The lowest BCUT2D eigenvalue weighted by Crippen LogP contribution is -2.21. The summed E-state index contributed by atoms with van der Waals surface area (Å²) in [5.74, 6) is 1.65. The number of aromatic amines is 1. The molecule has 0 atom stereocenters. The van der Waals surface area contributed by atoms with Crippen LogP contribution in [0.3, 0.4) is 0 Å². The molecule has 3 heterocycles. The number of hydrogen-bond acceptors (Lipinski definition) is 6. The third-order valence-electron chi connectivity index (χ3n) is 3.98. The average molecular weight is 325 g/mol. The zero-order chi connectivity index (χ0) is 16.2. The normalized spacial score (nSPS) is 15.3. The largest absolute Gasteiger partial charge is 0.460 e. The zero-order valence-corrected chi connectivity index (χ0v) is 13.2. The monoisotopic (exact) mass is 325 g/mol. The van der Waals surface area contributed by atoms with E-state index in [1.54, 1.807) is 17.1 Å². The van der Waals surface area contributed by atoms with Gasteiger partial charge in [-0.1, -0.05) is 6.42 Å². The average Bonchev–Trinajstić information content (AvgIpc) is 3.29. The fourth-order valence-corrected chi connectivity index (χ4v) is 2.80. The third-order valence-corrected chi connectivity index (χ3v) is 3.98. The third kappa shape index (κ3) is 3.37. The van der Waals surface area contributed by atoms with Crippen LogP contribution in [0.15, 0.2) is 36.8 Å². The quantitative estimate of drug-likeness (QED) is 0.749. The molecule has 0 saturated heterocycles. The van der Waals surface area contributed by atoms with E-state index in [0.717, 1.165) is 18.7 Å². The molecule has 1 aliphatic rings. The number of ether oxygens (including phenoxy) is 1. The van der Waals surface area contributed by atoms with E-state index in [1.165, 1.54) is 19.3 Å². The van der Waals surface area contributed by atoms with Crippen LogP contribution in [-0.4, -0.2) is 35.8 Å². The van der Waals surface area contributed by atoms with Crippen LogP contribution in [0.4, 0.5) is 11.8 Å². The van der Waals surface area contributed by atoms with Gasteiger partial charge in [-0.05, 0) is 43.9 Å². The fourth-order valence-electron chi connectivity index (χ4n) is 2.80. The molecule has 1 aliphatic carbocycles. The van der Waals surface area contributed by atoms with Crippen LogP contribution >= 0.6 is 0 Å². The van der Waals surface area contributed by atoms with Crippen LogP contribution in [0, 0.1) is 0 Å². The van der Waals surface area contributed by atoms with Crippen molar-refractivity contribution in [3.05, 3.63) is 36.8 Å². The van der Waals surface area contributed by atoms with Crippen LogP contribution in [0.25, 0.3) is 5.95 Å². The van der Waals surface area contributed by atoms with Crippen molar-refractivity contribution in [2.24, 2.45) is 0 Å². The number of anilines is 2. The summed E-state index contributed by atoms with van der Waals surface area (Å²) in [6, 6.07) is 5.95. The molecule has 0 bridgehead atoms. The SMILES string of the molecule is c1c[nH]c(Nc2nc(OC3CCCCC3)nc(-n3cccn3)n2)c1. The molecule has 1 fully saturated rings. The molecule has 3 aromatic rings. The van der Waals surface area contributed by atoms with E-state index < -0.39 is 0 Å². The van der Waals surface area contributed by atoms with E-state index in [-0.39, 0.29) is 6.10 Å². The number of nitrogens with one attached hydrogen (secondary N) is 2. The van der Waals surface area contributed by atoms with E-state index in [4.69, 9.17) is 4.74 Å². The summed E-state index contributed by atoms with van der Waals surface area (Å²) in [6.45, 7) is 0. The van der Waals surface area contributed by atoms with E-state index >= 15 is 0 Å². The van der Waals surface area contributed by atoms with Gasteiger partial charge in [0.25, 0.3) is 5.95 Å². The maximum atomic E-state index is 6.00. The highest BCUT2D eigenvalue weighted by Gasteiger charge is 2.18. The Morgan fingerprint density at radius 3 is 2.79 bits per heavy atom. The molecule has 0 aromatic carbocycles. The van der Waals surface area contributed by atoms with Gasteiger partial charge in [-0.25, -0.2) is 4.68 Å². The molecule has 0 unspecified atom stereocenters. The van der Waals surface area contributed by atoms with E-state index in [2.05, 4.69) is 30.4 Å². The van der Waals surface area contributed by atoms with Crippen LogP contribution in [0.5, 0.6) is 6.01 Å². The van der Waals surface area contributed by atoms with Gasteiger partial charge in [-0.15, -0.1) is 0 Å². The van der Waals surface area contributed by atoms with E-state index in [0.29, 0.717) is 17.9 Å². The maximum absolute atomic E-state index is 6.00. The van der Waals surface area contributed by atoms with Crippen molar-refractivity contribution in [3.63, 3.8) is 0 Å².